The van der Waals surface area contributed by atoms with Crippen LogP contribution < -0.4 is 5.32 Å². The number of ether oxygens (including phenoxy) is 2. The van der Waals surface area contributed by atoms with E-state index in [1.165, 1.54) is 0 Å². The molecular weight excluding hydrogens is 206 g/mol. The number of rotatable bonds is 3. The summed E-state index contributed by atoms with van der Waals surface area (Å²) < 4.78 is 9.55. The molecule has 1 aliphatic rings. The number of hydrogen-bond acceptors (Lipinski definition) is 4. The first-order chi connectivity index (χ1) is 7.93. The second kappa shape index (κ2) is 8.88. The van der Waals surface area contributed by atoms with Crippen LogP contribution in [0.15, 0.2) is 30.3 Å². The van der Waals surface area contributed by atoms with Gasteiger partial charge in [0, 0.05) is 13.1 Å². The van der Waals surface area contributed by atoms with Gasteiger partial charge in [0.25, 0.3) is 6.47 Å². The molecule has 0 bridgehead atoms. The van der Waals surface area contributed by atoms with Gasteiger partial charge in [0.2, 0.25) is 0 Å². The van der Waals surface area contributed by atoms with E-state index < -0.39 is 0 Å². The molecule has 0 saturated carbocycles. The van der Waals surface area contributed by atoms with Crippen LogP contribution in [-0.4, -0.2) is 32.8 Å². The summed E-state index contributed by atoms with van der Waals surface area (Å²) in [4.78, 5) is 9.76. The Hall–Kier alpha value is -1.39. The molecular formula is C12H17NO3. The first-order valence-corrected chi connectivity index (χ1v) is 5.31. The maximum atomic E-state index is 9.76. The highest BCUT2D eigenvalue weighted by atomic mass is 16.5. The number of hydrogen-bond donors (Lipinski definition) is 1. The van der Waals surface area contributed by atoms with Crippen molar-refractivity contribution in [3.63, 3.8) is 0 Å². The Morgan fingerprint density at radius 2 is 1.94 bits per heavy atom. The quantitative estimate of drug-likeness (QED) is 0.776. The number of carbonyl (C=O) groups is 1. The van der Waals surface area contributed by atoms with E-state index in [4.69, 9.17) is 4.74 Å². The molecule has 0 aromatic heterocycles. The van der Waals surface area contributed by atoms with Crippen molar-refractivity contribution in [1.82, 2.24) is 5.32 Å². The molecule has 88 valence electrons. The summed E-state index contributed by atoms with van der Waals surface area (Å²) in [6.07, 6.45) is 0. The minimum Gasteiger partial charge on any atom is -0.463 e. The zero-order chi connectivity index (χ0) is 11.5. The SMILES string of the molecule is C1COCCN1.O=COCc1ccccc1. The first kappa shape index (κ1) is 12.7. The van der Waals surface area contributed by atoms with Crippen LogP contribution in [0.3, 0.4) is 0 Å². The number of nitrogens with one attached hydrogen (secondary N) is 1. The minimum atomic E-state index is 0.365. The van der Waals surface area contributed by atoms with E-state index in [9.17, 15) is 4.79 Å². The summed E-state index contributed by atoms with van der Waals surface area (Å²) in [7, 11) is 0. The Labute approximate surface area is 95.6 Å². The van der Waals surface area contributed by atoms with Crippen molar-refractivity contribution in [2.75, 3.05) is 26.3 Å². The molecule has 1 N–H and O–H groups in total. The molecule has 0 aliphatic carbocycles. The normalized spacial score (nSPS) is 14.5. The molecule has 0 atom stereocenters. The van der Waals surface area contributed by atoms with Crippen LogP contribution in [0.5, 0.6) is 0 Å². The van der Waals surface area contributed by atoms with Gasteiger partial charge >= 0.3 is 0 Å². The standard InChI is InChI=1S/C8H8O2.C4H9NO/c9-7-10-6-8-4-2-1-3-5-8;1-3-6-4-2-5-1/h1-5,7H,6H2;5H,1-4H2. The molecule has 1 aromatic rings. The van der Waals surface area contributed by atoms with Gasteiger partial charge in [-0.15, -0.1) is 0 Å². The van der Waals surface area contributed by atoms with Gasteiger partial charge in [-0.3, -0.25) is 4.79 Å². The molecule has 1 heterocycles. The van der Waals surface area contributed by atoms with Gasteiger partial charge in [-0.25, -0.2) is 0 Å². The van der Waals surface area contributed by atoms with E-state index in [1.807, 2.05) is 30.3 Å². The van der Waals surface area contributed by atoms with Gasteiger partial charge in [0.15, 0.2) is 0 Å². The van der Waals surface area contributed by atoms with Crippen molar-refractivity contribution in [2.24, 2.45) is 0 Å². The van der Waals surface area contributed by atoms with E-state index in [0.29, 0.717) is 13.1 Å². The lowest BCUT2D eigenvalue weighted by Gasteiger charge is -2.10. The molecule has 16 heavy (non-hydrogen) atoms. The zero-order valence-electron chi connectivity index (χ0n) is 9.22. The lowest BCUT2D eigenvalue weighted by Crippen LogP contribution is -2.30. The summed E-state index contributed by atoms with van der Waals surface area (Å²) in [5.74, 6) is 0. The third-order valence-electron chi connectivity index (χ3n) is 2.01. The van der Waals surface area contributed by atoms with Crippen LogP contribution in [0.1, 0.15) is 5.56 Å². The van der Waals surface area contributed by atoms with Crippen LogP contribution in [-0.2, 0) is 20.9 Å². The highest BCUT2D eigenvalue weighted by molar-refractivity contribution is 5.37. The van der Waals surface area contributed by atoms with Crippen LogP contribution in [0.2, 0.25) is 0 Å². The van der Waals surface area contributed by atoms with Gasteiger partial charge in [-0.05, 0) is 5.56 Å². The Balaban J connectivity index is 0.000000181. The average Bonchev–Trinajstić information content (AvgIpc) is 2.40. The Bertz CT molecular complexity index is 261. The lowest BCUT2D eigenvalue weighted by atomic mass is 10.2. The van der Waals surface area contributed by atoms with Gasteiger partial charge in [0.1, 0.15) is 6.61 Å². The van der Waals surface area contributed by atoms with Crippen molar-refractivity contribution in [3.05, 3.63) is 35.9 Å². The van der Waals surface area contributed by atoms with E-state index in [2.05, 4.69) is 10.1 Å². The van der Waals surface area contributed by atoms with Gasteiger partial charge in [-0.2, -0.15) is 0 Å². The Kier molecular flexibility index (Phi) is 7.04. The molecule has 1 aliphatic heterocycles. The van der Waals surface area contributed by atoms with Crippen LogP contribution in [0.4, 0.5) is 0 Å². The molecule has 2 rings (SSSR count). The number of carbonyl (C=O) groups excluding carboxylic acids is 1. The van der Waals surface area contributed by atoms with Crippen LogP contribution in [0.25, 0.3) is 0 Å². The van der Waals surface area contributed by atoms with E-state index in [0.717, 1.165) is 31.9 Å². The second-order valence-corrected chi connectivity index (χ2v) is 3.26. The maximum absolute atomic E-state index is 9.76. The highest BCUT2D eigenvalue weighted by Gasteiger charge is 1.93. The highest BCUT2D eigenvalue weighted by Crippen LogP contribution is 1.98. The molecule has 0 unspecified atom stereocenters. The summed E-state index contributed by atoms with van der Waals surface area (Å²) >= 11 is 0. The smallest absolute Gasteiger partial charge is 0.293 e. The fourth-order valence-electron chi connectivity index (χ4n) is 1.22. The summed E-state index contributed by atoms with van der Waals surface area (Å²) in [5.41, 5.74) is 1.01. The predicted octanol–water partition coefficient (Wildman–Crippen LogP) is 0.966. The summed E-state index contributed by atoms with van der Waals surface area (Å²) in [6.45, 7) is 4.65. The Morgan fingerprint density at radius 3 is 2.38 bits per heavy atom. The molecule has 4 nitrogen and oxygen atoms in total. The van der Waals surface area contributed by atoms with Gasteiger partial charge in [-0.1, -0.05) is 30.3 Å². The van der Waals surface area contributed by atoms with Crippen molar-refractivity contribution in [3.8, 4) is 0 Å². The maximum Gasteiger partial charge on any atom is 0.293 e. The summed E-state index contributed by atoms with van der Waals surface area (Å²) in [6, 6.07) is 9.55. The average molecular weight is 223 g/mol. The van der Waals surface area contributed by atoms with Crippen molar-refractivity contribution in [2.45, 2.75) is 6.61 Å². The fraction of sp³-hybridized carbons (Fsp3) is 0.417. The molecule has 1 aromatic carbocycles. The molecule has 4 heteroatoms. The third-order valence-corrected chi connectivity index (χ3v) is 2.01. The number of morpholine rings is 1. The molecule has 0 spiro atoms. The molecule has 1 fully saturated rings. The molecule has 0 radical (unpaired) electrons. The summed E-state index contributed by atoms with van der Waals surface area (Å²) in [5, 5.41) is 3.16. The molecule has 1 saturated heterocycles. The second-order valence-electron chi connectivity index (χ2n) is 3.26. The van der Waals surface area contributed by atoms with E-state index in [1.54, 1.807) is 0 Å². The lowest BCUT2D eigenvalue weighted by molar-refractivity contribution is -0.129. The monoisotopic (exact) mass is 223 g/mol. The van der Waals surface area contributed by atoms with Gasteiger partial charge < -0.3 is 14.8 Å². The minimum absolute atomic E-state index is 0.365. The van der Waals surface area contributed by atoms with Crippen LogP contribution >= 0.6 is 0 Å². The third kappa shape index (κ3) is 6.16. The molecule has 0 amide bonds. The van der Waals surface area contributed by atoms with E-state index >= 15 is 0 Å². The topological polar surface area (TPSA) is 47.6 Å². The largest absolute Gasteiger partial charge is 0.463 e. The van der Waals surface area contributed by atoms with Crippen LogP contribution in [0, 0.1) is 0 Å². The number of benzene rings is 1. The first-order valence-electron chi connectivity index (χ1n) is 5.31. The van der Waals surface area contributed by atoms with Crippen molar-refractivity contribution >= 4 is 6.47 Å². The van der Waals surface area contributed by atoms with Crippen molar-refractivity contribution in [1.29, 1.82) is 0 Å². The zero-order valence-corrected chi connectivity index (χ0v) is 9.22. The Morgan fingerprint density at radius 1 is 1.25 bits per heavy atom. The van der Waals surface area contributed by atoms with Gasteiger partial charge in [0.05, 0.1) is 13.2 Å². The van der Waals surface area contributed by atoms with E-state index in [-0.39, 0.29) is 0 Å². The fourth-order valence-corrected chi connectivity index (χ4v) is 1.22. The predicted molar refractivity (Wildman–Crippen MR) is 61.0 cm³/mol. The van der Waals surface area contributed by atoms with Crippen molar-refractivity contribution < 1.29 is 14.3 Å².